The Kier molecular flexibility index (Phi) is 4.35. The minimum atomic E-state index is -0.209. The maximum atomic E-state index is 12.7. The molecule has 1 fully saturated rings. The van der Waals surface area contributed by atoms with Crippen molar-refractivity contribution in [3.05, 3.63) is 47.5 Å². The van der Waals surface area contributed by atoms with Gasteiger partial charge in [0.25, 0.3) is 0 Å². The molecule has 0 spiro atoms. The van der Waals surface area contributed by atoms with Crippen LogP contribution in [0.25, 0.3) is 0 Å². The van der Waals surface area contributed by atoms with E-state index in [4.69, 9.17) is 9.47 Å². The molecule has 7 heteroatoms. The summed E-state index contributed by atoms with van der Waals surface area (Å²) in [6.07, 6.45) is 0. The first-order valence-corrected chi connectivity index (χ1v) is 8.84. The summed E-state index contributed by atoms with van der Waals surface area (Å²) in [6.45, 7) is 5.25. The Morgan fingerprint density at radius 2 is 1.85 bits per heavy atom. The molecule has 1 N–H and O–H groups in total. The predicted octanol–water partition coefficient (Wildman–Crippen LogP) is 2.91. The highest BCUT2D eigenvalue weighted by Gasteiger charge is 2.31. The number of hydrogen-bond acceptors (Lipinski definition) is 4. The summed E-state index contributed by atoms with van der Waals surface area (Å²) in [5.41, 5.74) is 3.75. The quantitative estimate of drug-likeness (QED) is 0.902. The summed E-state index contributed by atoms with van der Waals surface area (Å²) >= 11 is 0. The highest BCUT2D eigenvalue weighted by atomic mass is 16.7. The number of benzene rings is 2. The normalized spacial score (nSPS) is 15.4. The van der Waals surface area contributed by atoms with Crippen LogP contribution in [0.4, 0.5) is 16.2 Å². The average molecular weight is 367 g/mol. The fourth-order valence-electron chi connectivity index (χ4n) is 3.22. The van der Waals surface area contributed by atoms with E-state index < -0.39 is 0 Å². The average Bonchev–Trinajstić information content (AvgIpc) is 3.24. The molecule has 0 unspecified atom stereocenters. The number of hydrogen-bond donors (Lipinski definition) is 1. The van der Waals surface area contributed by atoms with Gasteiger partial charge in [0.2, 0.25) is 12.7 Å². The fraction of sp³-hybridized carbons (Fsp3) is 0.300. The highest BCUT2D eigenvalue weighted by Crippen LogP contribution is 2.36. The van der Waals surface area contributed by atoms with Crippen molar-refractivity contribution in [2.75, 3.05) is 36.6 Å². The monoisotopic (exact) mass is 367 g/mol. The molecule has 0 aromatic heterocycles. The van der Waals surface area contributed by atoms with E-state index in [1.807, 2.05) is 38.1 Å². The molecular weight excluding hydrogens is 346 g/mol. The molecule has 0 radical (unpaired) electrons. The minimum Gasteiger partial charge on any atom is -0.454 e. The lowest BCUT2D eigenvalue weighted by atomic mass is 10.1. The number of urea groups is 1. The molecule has 2 aliphatic rings. The molecule has 0 atom stereocenters. The zero-order valence-electron chi connectivity index (χ0n) is 15.3. The van der Waals surface area contributed by atoms with Gasteiger partial charge in [-0.25, -0.2) is 4.79 Å². The molecule has 27 heavy (non-hydrogen) atoms. The molecule has 2 aliphatic heterocycles. The van der Waals surface area contributed by atoms with Gasteiger partial charge in [-0.05, 0) is 49.2 Å². The molecule has 2 heterocycles. The Morgan fingerprint density at radius 3 is 2.67 bits per heavy atom. The van der Waals surface area contributed by atoms with Crippen molar-refractivity contribution in [2.24, 2.45) is 0 Å². The summed E-state index contributed by atoms with van der Waals surface area (Å²) in [4.78, 5) is 28.2. The third-order valence-corrected chi connectivity index (χ3v) is 4.89. The summed E-state index contributed by atoms with van der Waals surface area (Å²) in [5, 5.41) is 2.86. The van der Waals surface area contributed by atoms with Gasteiger partial charge in [-0.1, -0.05) is 6.07 Å². The van der Waals surface area contributed by atoms with E-state index in [-0.39, 0.29) is 25.3 Å². The summed E-state index contributed by atoms with van der Waals surface area (Å²) in [6, 6.07) is 11.0. The van der Waals surface area contributed by atoms with Crippen LogP contribution in [0.1, 0.15) is 11.1 Å². The molecule has 4 rings (SSSR count). The van der Waals surface area contributed by atoms with E-state index in [9.17, 15) is 9.59 Å². The fourth-order valence-corrected chi connectivity index (χ4v) is 3.22. The maximum Gasteiger partial charge on any atom is 0.325 e. The Labute approximate surface area is 157 Å². The van der Waals surface area contributed by atoms with Crippen LogP contribution in [0.2, 0.25) is 0 Å². The zero-order chi connectivity index (χ0) is 19.0. The third kappa shape index (κ3) is 3.40. The van der Waals surface area contributed by atoms with Gasteiger partial charge in [-0.3, -0.25) is 9.69 Å². The van der Waals surface area contributed by atoms with Crippen LogP contribution >= 0.6 is 0 Å². The van der Waals surface area contributed by atoms with E-state index in [1.54, 1.807) is 21.9 Å². The molecule has 7 nitrogen and oxygen atoms in total. The first-order valence-electron chi connectivity index (χ1n) is 8.84. The lowest BCUT2D eigenvalue weighted by Crippen LogP contribution is -2.37. The van der Waals surface area contributed by atoms with Crippen LogP contribution in [0.3, 0.4) is 0 Å². The van der Waals surface area contributed by atoms with Crippen molar-refractivity contribution >= 4 is 23.3 Å². The van der Waals surface area contributed by atoms with Crippen molar-refractivity contribution in [1.29, 1.82) is 0 Å². The Hall–Kier alpha value is -3.22. The molecule has 0 bridgehead atoms. The Balaban J connectivity index is 1.40. The molecule has 2 aromatic rings. The summed E-state index contributed by atoms with van der Waals surface area (Å²) in [5.74, 6) is 1.10. The number of anilines is 2. The maximum absolute atomic E-state index is 12.7. The summed E-state index contributed by atoms with van der Waals surface area (Å²) < 4.78 is 10.7. The van der Waals surface area contributed by atoms with E-state index in [2.05, 4.69) is 5.32 Å². The second kappa shape index (κ2) is 6.83. The predicted molar refractivity (Wildman–Crippen MR) is 101 cm³/mol. The number of carbonyl (C=O) groups excluding carboxylic acids is 2. The van der Waals surface area contributed by atoms with Gasteiger partial charge in [0.1, 0.15) is 6.54 Å². The van der Waals surface area contributed by atoms with Crippen molar-refractivity contribution in [3.63, 3.8) is 0 Å². The largest absolute Gasteiger partial charge is 0.454 e. The van der Waals surface area contributed by atoms with Crippen LogP contribution in [-0.2, 0) is 4.79 Å². The number of amides is 3. The first kappa shape index (κ1) is 17.2. The Morgan fingerprint density at radius 1 is 1.04 bits per heavy atom. The second-order valence-electron chi connectivity index (χ2n) is 6.74. The van der Waals surface area contributed by atoms with E-state index >= 15 is 0 Å². The van der Waals surface area contributed by atoms with Crippen molar-refractivity contribution < 1.29 is 19.1 Å². The van der Waals surface area contributed by atoms with Gasteiger partial charge >= 0.3 is 6.03 Å². The van der Waals surface area contributed by atoms with E-state index in [0.29, 0.717) is 24.6 Å². The number of nitrogens with zero attached hydrogens (tertiary/aromatic N) is 2. The molecule has 3 amide bonds. The zero-order valence-corrected chi connectivity index (χ0v) is 15.3. The van der Waals surface area contributed by atoms with Gasteiger partial charge in [-0.2, -0.15) is 0 Å². The lowest BCUT2D eigenvalue weighted by molar-refractivity contribution is -0.116. The second-order valence-corrected chi connectivity index (χ2v) is 6.74. The SMILES string of the molecule is Cc1ccc(NC(=O)CN2CCN(c3ccc4c(c3)OCO4)C2=O)cc1C. The number of nitrogens with one attached hydrogen (secondary N) is 1. The van der Waals surface area contributed by atoms with Crippen LogP contribution in [0.15, 0.2) is 36.4 Å². The van der Waals surface area contributed by atoms with Crippen LogP contribution in [0, 0.1) is 13.8 Å². The minimum absolute atomic E-state index is 0.0206. The number of ether oxygens (including phenoxy) is 2. The number of fused-ring (bicyclic) bond motifs is 1. The van der Waals surface area contributed by atoms with Crippen molar-refractivity contribution in [2.45, 2.75) is 13.8 Å². The molecule has 0 aliphatic carbocycles. The lowest BCUT2D eigenvalue weighted by Gasteiger charge is -2.19. The van der Waals surface area contributed by atoms with E-state index in [1.165, 1.54) is 5.56 Å². The van der Waals surface area contributed by atoms with Gasteiger partial charge in [0, 0.05) is 30.5 Å². The number of aryl methyl sites for hydroxylation is 2. The number of rotatable bonds is 4. The molecule has 0 saturated carbocycles. The molecular formula is C20H21N3O4. The highest BCUT2D eigenvalue weighted by molar-refractivity contribution is 5.99. The van der Waals surface area contributed by atoms with Crippen molar-refractivity contribution in [1.82, 2.24) is 4.90 Å². The van der Waals surface area contributed by atoms with Crippen LogP contribution < -0.4 is 19.7 Å². The molecule has 2 aromatic carbocycles. The van der Waals surface area contributed by atoms with Crippen LogP contribution in [0.5, 0.6) is 11.5 Å². The molecule has 140 valence electrons. The standard InChI is InChI=1S/C20H21N3O4/c1-13-3-4-15(9-14(13)2)21-19(24)11-22-7-8-23(20(22)25)16-5-6-17-18(10-16)27-12-26-17/h3-6,9-10H,7-8,11-12H2,1-2H3,(H,21,24). The van der Waals surface area contributed by atoms with E-state index in [0.717, 1.165) is 16.9 Å². The molecule has 1 saturated heterocycles. The smallest absolute Gasteiger partial charge is 0.325 e. The summed E-state index contributed by atoms with van der Waals surface area (Å²) in [7, 11) is 0. The first-order chi connectivity index (χ1) is 13.0. The third-order valence-electron chi connectivity index (χ3n) is 4.89. The van der Waals surface area contributed by atoms with Gasteiger partial charge in [-0.15, -0.1) is 0 Å². The van der Waals surface area contributed by atoms with Crippen LogP contribution in [-0.4, -0.2) is 43.3 Å². The van der Waals surface area contributed by atoms with Gasteiger partial charge in [0.05, 0.1) is 0 Å². The Bertz CT molecular complexity index is 912. The number of carbonyl (C=O) groups is 2. The van der Waals surface area contributed by atoms with Gasteiger partial charge < -0.3 is 19.7 Å². The topological polar surface area (TPSA) is 71.1 Å². The van der Waals surface area contributed by atoms with Gasteiger partial charge in [0.15, 0.2) is 11.5 Å². The van der Waals surface area contributed by atoms with Crippen molar-refractivity contribution in [3.8, 4) is 11.5 Å².